The van der Waals surface area contributed by atoms with Crippen molar-refractivity contribution < 1.29 is 13.2 Å². The summed E-state index contributed by atoms with van der Waals surface area (Å²) in [6.07, 6.45) is 0.676. The molecule has 0 aliphatic carbocycles. The Morgan fingerprint density at radius 2 is 2.11 bits per heavy atom. The van der Waals surface area contributed by atoms with Gasteiger partial charge in [-0.1, -0.05) is 0 Å². The minimum absolute atomic E-state index is 0.226. The first-order chi connectivity index (χ1) is 8.47. The van der Waals surface area contributed by atoms with E-state index in [-0.39, 0.29) is 6.04 Å². The van der Waals surface area contributed by atoms with Crippen molar-refractivity contribution in [1.29, 1.82) is 0 Å². The third-order valence-corrected chi connectivity index (χ3v) is 4.72. The summed E-state index contributed by atoms with van der Waals surface area (Å²) in [5.41, 5.74) is 1.60. The number of hydrogen-bond acceptors (Lipinski definition) is 4. The summed E-state index contributed by atoms with van der Waals surface area (Å²) in [5, 5.41) is 4.48. The van der Waals surface area contributed by atoms with Crippen molar-refractivity contribution in [3.05, 3.63) is 29.2 Å². The lowest BCUT2D eigenvalue weighted by Crippen LogP contribution is -2.21. The quantitative estimate of drug-likeness (QED) is 0.904. The molecule has 0 amide bonds. The summed E-state index contributed by atoms with van der Waals surface area (Å²) in [4.78, 5) is 0.376. The molecule has 1 aromatic rings. The molecule has 1 unspecified atom stereocenters. The number of nitrogens with one attached hydrogen (secondary N) is 1. The van der Waals surface area contributed by atoms with E-state index in [0.29, 0.717) is 17.1 Å². The van der Waals surface area contributed by atoms with Crippen LogP contribution in [0.15, 0.2) is 28.5 Å². The fourth-order valence-corrected chi connectivity index (χ4v) is 3.52. The highest BCUT2D eigenvalue weighted by Crippen LogP contribution is 2.37. The van der Waals surface area contributed by atoms with Crippen LogP contribution in [0.25, 0.3) is 5.57 Å². The van der Waals surface area contributed by atoms with E-state index >= 15 is 0 Å². The predicted octanol–water partition coefficient (Wildman–Crippen LogP) is 1.82. The lowest BCUT2D eigenvalue weighted by atomic mass is 10.0. The average Bonchev–Trinajstić information content (AvgIpc) is 2.60. The number of rotatable bonds is 4. The van der Waals surface area contributed by atoms with Crippen LogP contribution < -0.4 is 10.1 Å². The molecule has 0 bridgehead atoms. The van der Waals surface area contributed by atoms with Gasteiger partial charge in [-0.3, -0.25) is 0 Å². The molecule has 1 aliphatic heterocycles. The Kier molecular flexibility index (Phi) is 3.45. The smallest absolute Gasteiger partial charge is 0.200 e. The second-order valence-corrected chi connectivity index (χ2v) is 6.21. The Labute approximate surface area is 108 Å². The SMILES string of the molecule is CNC(C)CC1=CS(=O)(=O)c2ccc(OC)cc21. The van der Waals surface area contributed by atoms with Crippen LogP contribution in [-0.4, -0.2) is 28.6 Å². The van der Waals surface area contributed by atoms with E-state index in [4.69, 9.17) is 4.74 Å². The van der Waals surface area contributed by atoms with E-state index in [1.807, 2.05) is 14.0 Å². The van der Waals surface area contributed by atoms with E-state index in [2.05, 4.69) is 5.32 Å². The van der Waals surface area contributed by atoms with Gasteiger partial charge in [0.1, 0.15) is 5.75 Å². The Morgan fingerprint density at radius 1 is 1.39 bits per heavy atom. The van der Waals surface area contributed by atoms with E-state index < -0.39 is 9.84 Å². The molecular formula is C13H17NO3S. The van der Waals surface area contributed by atoms with Gasteiger partial charge in [-0.05, 0) is 44.2 Å². The van der Waals surface area contributed by atoms with E-state index in [1.54, 1.807) is 25.3 Å². The Morgan fingerprint density at radius 3 is 2.72 bits per heavy atom. The van der Waals surface area contributed by atoms with Crippen LogP contribution in [0.1, 0.15) is 18.9 Å². The first kappa shape index (κ1) is 13.1. The van der Waals surface area contributed by atoms with Crippen molar-refractivity contribution >= 4 is 15.4 Å². The van der Waals surface area contributed by atoms with Crippen molar-refractivity contribution in [2.45, 2.75) is 24.3 Å². The molecule has 1 N–H and O–H groups in total. The topological polar surface area (TPSA) is 55.4 Å². The minimum atomic E-state index is -3.28. The van der Waals surface area contributed by atoms with E-state index in [1.165, 1.54) is 5.41 Å². The van der Waals surface area contributed by atoms with Crippen LogP contribution in [0.3, 0.4) is 0 Å². The molecule has 0 saturated heterocycles. The molecule has 1 heterocycles. The van der Waals surface area contributed by atoms with Crippen LogP contribution in [0, 0.1) is 0 Å². The first-order valence-electron chi connectivity index (χ1n) is 5.79. The number of ether oxygens (including phenoxy) is 1. The van der Waals surface area contributed by atoms with Crippen molar-refractivity contribution in [2.24, 2.45) is 0 Å². The molecule has 0 spiro atoms. The van der Waals surface area contributed by atoms with Gasteiger partial charge in [-0.25, -0.2) is 8.42 Å². The van der Waals surface area contributed by atoms with Crippen molar-refractivity contribution in [1.82, 2.24) is 5.32 Å². The van der Waals surface area contributed by atoms with Gasteiger partial charge in [0.2, 0.25) is 9.84 Å². The predicted molar refractivity (Wildman–Crippen MR) is 71.3 cm³/mol. The van der Waals surface area contributed by atoms with Gasteiger partial charge in [0.15, 0.2) is 0 Å². The summed E-state index contributed by atoms with van der Waals surface area (Å²) in [6.45, 7) is 2.02. The van der Waals surface area contributed by atoms with Gasteiger partial charge in [-0.15, -0.1) is 0 Å². The molecule has 2 rings (SSSR count). The van der Waals surface area contributed by atoms with Gasteiger partial charge in [0, 0.05) is 17.0 Å². The molecule has 1 aromatic carbocycles. The maximum atomic E-state index is 12.0. The number of hydrogen-bond donors (Lipinski definition) is 1. The van der Waals surface area contributed by atoms with Crippen molar-refractivity contribution in [2.75, 3.05) is 14.2 Å². The largest absolute Gasteiger partial charge is 0.497 e. The highest BCUT2D eigenvalue weighted by Gasteiger charge is 2.27. The molecule has 98 valence electrons. The third-order valence-electron chi connectivity index (χ3n) is 3.16. The zero-order valence-corrected chi connectivity index (χ0v) is 11.5. The minimum Gasteiger partial charge on any atom is -0.497 e. The Bertz CT molecular complexity index is 590. The fraction of sp³-hybridized carbons (Fsp3) is 0.385. The summed E-state index contributed by atoms with van der Waals surface area (Å²) >= 11 is 0. The lowest BCUT2D eigenvalue weighted by Gasteiger charge is -2.12. The second kappa shape index (κ2) is 4.74. The molecule has 4 nitrogen and oxygen atoms in total. The molecule has 1 aliphatic rings. The van der Waals surface area contributed by atoms with Crippen LogP contribution in [0.4, 0.5) is 0 Å². The van der Waals surface area contributed by atoms with Crippen LogP contribution in [0.2, 0.25) is 0 Å². The number of methoxy groups -OCH3 is 1. The molecule has 0 aromatic heterocycles. The summed E-state index contributed by atoms with van der Waals surface area (Å²) in [7, 11) is 0.158. The standard InChI is InChI=1S/C13H17NO3S/c1-9(14-2)6-10-8-18(15,16)13-5-4-11(17-3)7-12(10)13/h4-5,7-9,14H,6H2,1-3H3. The summed E-state index contributed by atoms with van der Waals surface area (Å²) < 4.78 is 29.1. The number of benzene rings is 1. The van der Waals surface area contributed by atoms with Gasteiger partial charge in [-0.2, -0.15) is 0 Å². The van der Waals surface area contributed by atoms with Gasteiger partial charge >= 0.3 is 0 Å². The normalized spacial score (nSPS) is 18.1. The molecule has 5 heteroatoms. The zero-order chi connectivity index (χ0) is 13.3. The number of sulfone groups is 1. The Balaban J connectivity index is 2.47. The van der Waals surface area contributed by atoms with E-state index in [0.717, 1.165) is 11.1 Å². The molecule has 1 atom stereocenters. The third kappa shape index (κ3) is 2.28. The summed E-state index contributed by atoms with van der Waals surface area (Å²) in [5.74, 6) is 0.675. The van der Waals surface area contributed by atoms with Crippen LogP contribution in [0.5, 0.6) is 5.75 Å². The van der Waals surface area contributed by atoms with Gasteiger partial charge in [0.05, 0.1) is 12.0 Å². The first-order valence-corrected chi connectivity index (χ1v) is 7.34. The molecule has 0 radical (unpaired) electrons. The summed E-state index contributed by atoms with van der Waals surface area (Å²) in [6, 6.07) is 5.29. The van der Waals surface area contributed by atoms with Gasteiger partial charge in [0.25, 0.3) is 0 Å². The molecule has 0 fully saturated rings. The number of fused-ring (bicyclic) bond motifs is 1. The fourth-order valence-electron chi connectivity index (χ4n) is 2.04. The highest BCUT2D eigenvalue weighted by molar-refractivity contribution is 7.95. The lowest BCUT2D eigenvalue weighted by molar-refractivity contribution is 0.414. The second-order valence-electron chi connectivity index (χ2n) is 4.44. The van der Waals surface area contributed by atoms with Gasteiger partial charge < -0.3 is 10.1 Å². The maximum absolute atomic E-state index is 12.0. The molecular weight excluding hydrogens is 250 g/mol. The van der Waals surface area contributed by atoms with Crippen molar-refractivity contribution in [3.63, 3.8) is 0 Å². The van der Waals surface area contributed by atoms with Crippen LogP contribution in [-0.2, 0) is 9.84 Å². The average molecular weight is 267 g/mol. The Hall–Kier alpha value is -1.33. The van der Waals surface area contributed by atoms with Crippen LogP contribution >= 0.6 is 0 Å². The van der Waals surface area contributed by atoms with E-state index in [9.17, 15) is 8.42 Å². The molecule has 0 saturated carbocycles. The monoisotopic (exact) mass is 267 g/mol. The highest BCUT2D eigenvalue weighted by atomic mass is 32.2. The van der Waals surface area contributed by atoms with Crippen molar-refractivity contribution in [3.8, 4) is 5.75 Å². The molecule has 18 heavy (non-hydrogen) atoms. The zero-order valence-electron chi connectivity index (χ0n) is 10.7. The maximum Gasteiger partial charge on any atom is 0.200 e.